The van der Waals surface area contributed by atoms with Crippen LogP contribution in [0.4, 0.5) is 5.69 Å². The van der Waals surface area contributed by atoms with Gasteiger partial charge < -0.3 is 11.5 Å². The second-order valence-electron chi connectivity index (χ2n) is 4.25. The Morgan fingerprint density at radius 3 is 2.45 bits per heavy atom. The normalized spacial score (nSPS) is 10.5. The van der Waals surface area contributed by atoms with Crippen molar-refractivity contribution in [3.8, 4) is 10.6 Å². The molecule has 5 nitrogen and oxygen atoms in total. The van der Waals surface area contributed by atoms with Crippen molar-refractivity contribution in [3.63, 3.8) is 0 Å². The third-order valence-corrected chi connectivity index (χ3v) is 4.51. The van der Waals surface area contributed by atoms with Crippen molar-refractivity contribution in [1.29, 1.82) is 0 Å². The van der Waals surface area contributed by atoms with E-state index in [1.165, 1.54) is 17.5 Å². The molecule has 1 amide bonds. The van der Waals surface area contributed by atoms with Crippen LogP contribution in [0, 0.1) is 0 Å². The second kappa shape index (κ2) is 6.26. The van der Waals surface area contributed by atoms with Gasteiger partial charge in [-0.1, -0.05) is 23.2 Å². The van der Waals surface area contributed by atoms with Gasteiger partial charge in [-0.05, 0) is 18.2 Å². The molecule has 0 fully saturated rings. The van der Waals surface area contributed by atoms with Crippen molar-refractivity contribution in [1.82, 2.24) is 9.97 Å². The van der Waals surface area contributed by atoms with E-state index in [1.54, 1.807) is 18.2 Å². The summed E-state index contributed by atoms with van der Waals surface area (Å²) in [5.41, 5.74) is 12.8. The summed E-state index contributed by atoms with van der Waals surface area (Å²) < 4.78 is 0.601. The summed E-state index contributed by atoms with van der Waals surface area (Å²) in [5.74, 6) is -0.606. The minimum Gasteiger partial charge on any atom is -0.399 e. The van der Waals surface area contributed by atoms with Crippen LogP contribution in [0.1, 0.15) is 10.5 Å². The molecule has 0 spiro atoms. The predicted octanol–water partition coefficient (Wildman–Crippen LogP) is 3.77. The number of thiazole rings is 1. The molecule has 1 aromatic carbocycles. The molecule has 114 valence electrons. The van der Waals surface area contributed by atoms with Gasteiger partial charge in [-0.15, -0.1) is 23.7 Å². The Morgan fingerprint density at radius 1 is 1.23 bits per heavy atom. The summed E-state index contributed by atoms with van der Waals surface area (Å²) in [6.07, 6.45) is 1.48. The molecule has 3 rings (SSSR count). The molecule has 3 aromatic rings. The monoisotopic (exact) mass is 374 g/mol. The number of hydrogen-bond acceptors (Lipinski definition) is 5. The number of carbonyl (C=O) groups is 1. The van der Waals surface area contributed by atoms with Gasteiger partial charge in [-0.25, -0.2) is 9.97 Å². The van der Waals surface area contributed by atoms with Crippen LogP contribution in [0.3, 0.4) is 0 Å². The van der Waals surface area contributed by atoms with Crippen LogP contribution >= 0.6 is 46.9 Å². The number of nitrogens with zero attached hydrogens (tertiary/aromatic N) is 2. The third-order valence-electron chi connectivity index (χ3n) is 2.82. The number of nitrogen functional groups attached to an aromatic ring is 1. The first kappa shape index (κ1) is 16.8. The molecule has 0 saturated heterocycles. The Morgan fingerprint density at radius 2 is 1.86 bits per heavy atom. The van der Waals surface area contributed by atoms with E-state index in [4.69, 9.17) is 34.7 Å². The molecular weight excluding hydrogens is 367 g/mol. The van der Waals surface area contributed by atoms with Crippen LogP contribution in [0.15, 0.2) is 24.4 Å². The largest absolute Gasteiger partial charge is 0.399 e. The number of pyridine rings is 1. The first-order chi connectivity index (χ1) is 9.97. The maximum Gasteiger partial charge on any atom is 0.268 e. The number of primary amides is 1. The number of halogens is 3. The highest BCUT2D eigenvalue weighted by Gasteiger charge is 2.18. The summed E-state index contributed by atoms with van der Waals surface area (Å²) in [4.78, 5) is 19.8. The number of amides is 1. The molecule has 4 N–H and O–H groups in total. The molecule has 0 bridgehead atoms. The zero-order valence-electron chi connectivity index (χ0n) is 10.8. The average molecular weight is 376 g/mol. The highest BCUT2D eigenvalue weighted by molar-refractivity contribution is 7.22. The van der Waals surface area contributed by atoms with E-state index >= 15 is 0 Å². The van der Waals surface area contributed by atoms with Gasteiger partial charge in [0.05, 0.1) is 20.3 Å². The number of fused-ring (bicyclic) bond motifs is 1. The molecule has 0 aliphatic rings. The smallest absolute Gasteiger partial charge is 0.268 e. The number of hydrogen-bond donors (Lipinski definition) is 2. The zero-order chi connectivity index (χ0) is 15.1. The van der Waals surface area contributed by atoms with Crippen LogP contribution in [-0.2, 0) is 0 Å². The predicted molar refractivity (Wildman–Crippen MR) is 93.0 cm³/mol. The van der Waals surface area contributed by atoms with Crippen molar-refractivity contribution in [2.24, 2.45) is 5.73 Å². The van der Waals surface area contributed by atoms with Gasteiger partial charge in [0.25, 0.3) is 5.91 Å². The Kier molecular flexibility index (Phi) is 4.77. The minimum atomic E-state index is -0.606. The fraction of sp³-hybridized carbons (Fsp3) is 0. The molecule has 0 aliphatic carbocycles. The topological polar surface area (TPSA) is 94.9 Å². The van der Waals surface area contributed by atoms with E-state index < -0.39 is 5.91 Å². The van der Waals surface area contributed by atoms with Gasteiger partial charge in [0.1, 0.15) is 10.7 Å². The Bertz CT molecular complexity index is 858. The lowest BCUT2D eigenvalue weighted by Gasteiger charge is -2.04. The van der Waals surface area contributed by atoms with Crippen LogP contribution in [0.25, 0.3) is 20.8 Å². The molecule has 0 atom stereocenters. The van der Waals surface area contributed by atoms with E-state index in [0.717, 1.165) is 0 Å². The molecule has 2 heterocycles. The van der Waals surface area contributed by atoms with Gasteiger partial charge in [0, 0.05) is 17.4 Å². The molecule has 0 radical (unpaired) electrons. The fourth-order valence-corrected chi connectivity index (χ4v) is 3.86. The lowest BCUT2D eigenvalue weighted by Crippen LogP contribution is -2.12. The zero-order valence-corrected chi connectivity index (χ0v) is 14.0. The molecule has 9 heteroatoms. The van der Waals surface area contributed by atoms with Crippen molar-refractivity contribution in [2.75, 3.05) is 5.73 Å². The number of nitrogens with two attached hydrogens (primary N) is 2. The summed E-state index contributed by atoms with van der Waals surface area (Å²) in [6.45, 7) is 0. The Balaban J connectivity index is 0.00000176. The van der Waals surface area contributed by atoms with Gasteiger partial charge in [0.15, 0.2) is 0 Å². The Labute approximate surface area is 145 Å². The van der Waals surface area contributed by atoms with Crippen LogP contribution in [0.2, 0.25) is 10.0 Å². The molecule has 0 aliphatic heterocycles. The summed E-state index contributed by atoms with van der Waals surface area (Å²) >= 11 is 13.6. The quantitative estimate of drug-likeness (QED) is 0.666. The first-order valence-electron chi connectivity index (χ1n) is 5.77. The molecular formula is C13H9Cl3N4OS. The number of rotatable bonds is 2. The van der Waals surface area contributed by atoms with Gasteiger partial charge >= 0.3 is 0 Å². The minimum absolute atomic E-state index is 0. The first-order valence-corrected chi connectivity index (χ1v) is 7.35. The Hall–Kier alpha value is -1.60. The fourth-order valence-electron chi connectivity index (χ4n) is 1.94. The van der Waals surface area contributed by atoms with Crippen molar-refractivity contribution >= 4 is 68.8 Å². The highest BCUT2D eigenvalue weighted by Crippen LogP contribution is 2.40. The second-order valence-corrected chi connectivity index (χ2v) is 6.06. The number of benzene rings is 1. The van der Waals surface area contributed by atoms with Crippen molar-refractivity contribution < 1.29 is 4.79 Å². The lowest BCUT2D eigenvalue weighted by molar-refractivity contribution is 0.0997. The van der Waals surface area contributed by atoms with Gasteiger partial charge in [-0.2, -0.15) is 0 Å². The lowest BCUT2D eigenvalue weighted by atomic mass is 10.2. The molecule has 2 aromatic heterocycles. The van der Waals surface area contributed by atoms with Crippen LogP contribution in [-0.4, -0.2) is 15.9 Å². The van der Waals surface area contributed by atoms with Crippen molar-refractivity contribution in [2.45, 2.75) is 0 Å². The summed E-state index contributed by atoms with van der Waals surface area (Å²) in [7, 11) is 0. The van der Waals surface area contributed by atoms with Gasteiger partial charge in [0.2, 0.25) is 0 Å². The number of anilines is 1. The van der Waals surface area contributed by atoms with Crippen LogP contribution in [0.5, 0.6) is 0 Å². The van der Waals surface area contributed by atoms with Crippen LogP contribution < -0.4 is 11.5 Å². The maximum absolute atomic E-state index is 11.4. The molecule has 0 saturated carbocycles. The molecule has 22 heavy (non-hydrogen) atoms. The summed E-state index contributed by atoms with van der Waals surface area (Å²) in [6, 6.07) is 4.89. The average Bonchev–Trinajstić information content (AvgIpc) is 2.79. The number of carbonyl (C=O) groups excluding carboxylic acids is 1. The molecule has 0 unspecified atom stereocenters. The van der Waals surface area contributed by atoms with E-state index in [-0.39, 0.29) is 18.1 Å². The highest BCUT2D eigenvalue weighted by atomic mass is 35.5. The van der Waals surface area contributed by atoms with Gasteiger partial charge in [-0.3, -0.25) is 4.79 Å². The van der Waals surface area contributed by atoms with E-state index in [9.17, 15) is 4.79 Å². The number of aromatic nitrogens is 2. The standard InChI is InChI=1S/C13H8Cl2N4OS.ClH/c14-6-3-5(16)4-7(15)9(6)13-19-8-1-2-18-10(12(17)20)11(8)21-13;/h1-4H,16H2,(H2,17,20);1H. The maximum atomic E-state index is 11.4. The van der Waals surface area contributed by atoms with E-state index in [0.29, 0.717) is 36.5 Å². The third kappa shape index (κ3) is 2.83. The summed E-state index contributed by atoms with van der Waals surface area (Å²) in [5, 5.41) is 1.37. The van der Waals surface area contributed by atoms with E-state index in [1.807, 2.05) is 0 Å². The van der Waals surface area contributed by atoms with E-state index in [2.05, 4.69) is 9.97 Å². The van der Waals surface area contributed by atoms with Crippen molar-refractivity contribution in [3.05, 3.63) is 40.1 Å². The SMILES string of the molecule is Cl.NC(=O)c1nccc2nc(-c3c(Cl)cc(N)cc3Cl)sc12.